The number of carbonyl (C=O) groups excluding carboxylic acids is 2. The molecule has 0 radical (unpaired) electrons. The number of hydrogen-bond donors (Lipinski definition) is 2. The Hall–Kier alpha value is -2.28. The van der Waals surface area contributed by atoms with Gasteiger partial charge in [0.15, 0.2) is 0 Å². The Morgan fingerprint density at radius 1 is 1.50 bits per heavy atom. The maximum Gasteiger partial charge on any atom is 0.252 e. The molecule has 0 bridgehead atoms. The summed E-state index contributed by atoms with van der Waals surface area (Å²) in [5, 5.41) is 5.63. The molecular weight excluding hydrogens is 287 g/mol. The van der Waals surface area contributed by atoms with Crippen molar-refractivity contribution in [3.8, 4) is 0 Å². The minimum Gasteiger partial charge on any atom is -0.293 e. The maximum atomic E-state index is 12.7. The van der Waals surface area contributed by atoms with E-state index in [0.29, 0.717) is 5.56 Å². The molecular formula is C12H10ClFN4O2. The van der Waals surface area contributed by atoms with Crippen LogP contribution in [0.25, 0.3) is 0 Å². The number of amides is 1. The summed E-state index contributed by atoms with van der Waals surface area (Å²) >= 11 is 5.20. The van der Waals surface area contributed by atoms with Gasteiger partial charge in [0.1, 0.15) is 11.9 Å². The zero-order valence-electron chi connectivity index (χ0n) is 10.1. The van der Waals surface area contributed by atoms with Gasteiger partial charge in [-0.15, -0.1) is 0 Å². The molecule has 0 fully saturated rings. The number of carbonyl (C=O) groups is 2. The zero-order valence-corrected chi connectivity index (χ0v) is 10.9. The van der Waals surface area contributed by atoms with Crippen LogP contribution in [-0.2, 0) is 9.59 Å². The molecule has 8 heteroatoms. The summed E-state index contributed by atoms with van der Waals surface area (Å²) in [6.45, 7) is 0. The van der Waals surface area contributed by atoms with Crippen molar-refractivity contribution in [1.29, 1.82) is 0 Å². The van der Waals surface area contributed by atoms with Crippen molar-refractivity contribution in [2.45, 2.75) is 12.5 Å². The van der Waals surface area contributed by atoms with Gasteiger partial charge in [-0.2, -0.15) is 5.10 Å². The standard InChI is InChI=1S/C12H10ClFN4O2/c13-10(19)5-9-11(20)17-12(16-9)18-15-6-7-1-3-8(14)4-2-7/h1-4,6,9H,5H2,(H2,16,17,18,20). The van der Waals surface area contributed by atoms with Crippen molar-refractivity contribution < 1.29 is 14.0 Å². The summed E-state index contributed by atoms with van der Waals surface area (Å²) in [4.78, 5) is 26.1. The number of guanidine groups is 1. The molecule has 0 aliphatic carbocycles. The molecule has 0 saturated carbocycles. The predicted octanol–water partition coefficient (Wildman–Crippen LogP) is 0.759. The number of rotatable bonds is 4. The van der Waals surface area contributed by atoms with Crippen molar-refractivity contribution in [2.24, 2.45) is 10.1 Å². The van der Waals surface area contributed by atoms with E-state index in [1.165, 1.54) is 18.3 Å². The largest absolute Gasteiger partial charge is 0.293 e. The average Bonchev–Trinajstić information content (AvgIpc) is 2.72. The monoisotopic (exact) mass is 296 g/mol. The molecule has 1 aromatic rings. The van der Waals surface area contributed by atoms with Gasteiger partial charge in [-0.05, 0) is 29.3 Å². The fraction of sp³-hybridized carbons (Fsp3) is 0.167. The van der Waals surface area contributed by atoms with Crippen molar-refractivity contribution in [2.75, 3.05) is 0 Å². The Kier molecular flexibility index (Phi) is 4.41. The summed E-state index contributed by atoms with van der Waals surface area (Å²) in [5.41, 5.74) is 3.19. The lowest BCUT2D eigenvalue weighted by Crippen LogP contribution is -2.35. The molecule has 0 spiro atoms. The fourth-order valence-corrected chi connectivity index (χ4v) is 1.66. The highest BCUT2D eigenvalue weighted by Crippen LogP contribution is 2.06. The number of benzene rings is 1. The summed E-state index contributed by atoms with van der Waals surface area (Å²) in [6.07, 6.45) is 1.27. The van der Waals surface area contributed by atoms with Crippen molar-refractivity contribution in [3.05, 3.63) is 35.6 Å². The van der Waals surface area contributed by atoms with Crippen LogP contribution in [0.15, 0.2) is 34.4 Å². The van der Waals surface area contributed by atoms with Gasteiger partial charge in [-0.3, -0.25) is 14.9 Å². The highest BCUT2D eigenvalue weighted by Gasteiger charge is 2.27. The molecule has 0 aromatic heterocycles. The average molecular weight is 297 g/mol. The van der Waals surface area contributed by atoms with E-state index in [-0.39, 0.29) is 18.2 Å². The molecule has 1 aliphatic heterocycles. The van der Waals surface area contributed by atoms with E-state index in [4.69, 9.17) is 11.6 Å². The number of nitrogens with zero attached hydrogens (tertiary/aromatic N) is 2. The highest BCUT2D eigenvalue weighted by atomic mass is 35.5. The van der Waals surface area contributed by atoms with Gasteiger partial charge >= 0.3 is 0 Å². The number of halogens is 2. The van der Waals surface area contributed by atoms with E-state index < -0.39 is 17.2 Å². The molecule has 1 aromatic carbocycles. The van der Waals surface area contributed by atoms with Crippen LogP contribution in [0.3, 0.4) is 0 Å². The first-order chi connectivity index (χ1) is 9.54. The number of aliphatic imine (C=N–C) groups is 1. The van der Waals surface area contributed by atoms with Gasteiger partial charge in [0, 0.05) is 0 Å². The first kappa shape index (κ1) is 14.1. The van der Waals surface area contributed by atoms with Gasteiger partial charge in [0.2, 0.25) is 11.2 Å². The van der Waals surface area contributed by atoms with Crippen LogP contribution < -0.4 is 10.7 Å². The van der Waals surface area contributed by atoms with Crippen molar-refractivity contribution in [1.82, 2.24) is 10.7 Å². The van der Waals surface area contributed by atoms with Crippen LogP contribution in [0.2, 0.25) is 0 Å². The van der Waals surface area contributed by atoms with Crippen LogP contribution in [0.4, 0.5) is 4.39 Å². The third-order valence-corrected chi connectivity index (χ3v) is 2.59. The number of nitrogens with one attached hydrogen (secondary N) is 2. The van der Waals surface area contributed by atoms with Crippen LogP contribution in [0.1, 0.15) is 12.0 Å². The molecule has 6 nitrogen and oxygen atoms in total. The Labute approximate surface area is 118 Å². The molecule has 1 amide bonds. The van der Waals surface area contributed by atoms with Crippen molar-refractivity contribution in [3.63, 3.8) is 0 Å². The van der Waals surface area contributed by atoms with E-state index in [1.54, 1.807) is 12.1 Å². The predicted molar refractivity (Wildman–Crippen MR) is 72.0 cm³/mol. The minimum absolute atomic E-state index is 0.135. The molecule has 1 unspecified atom stereocenters. The van der Waals surface area contributed by atoms with Gasteiger partial charge in [0.05, 0.1) is 12.6 Å². The molecule has 2 N–H and O–H groups in total. The van der Waals surface area contributed by atoms with E-state index in [1.807, 2.05) is 0 Å². The topological polar surface area (TPSA) is 82.9 Å². The fourth-order valence-electron chi connectivity index (χ4n) is 1.51. The summed E-state index contributed by atoms with van der Waals surface area (Å²) < 4.78 is 12.7. The molecule has 1 heterocycles. The second-order valence-corrected chi connectivity index (χ2v) is 4.39. The summed E-state index contributed by atoms with van der Waals surface area (Å²) in [5.74, 6) is -0.620. The van der Waals surface area contributed by atoms with Gasteiger partial charge in [-0.1, -0.05) is 12.1 Å². The van der Waals surface area contributed by atoms with E-state index >= 15 is 0 Å². The second-order valence-electron chi connectivity index (χ2n) is 3.96. The SMILES string of the molecule is O=C(Cl)CC1N=C(NN=Cc2ccc(F)cc2)NC1=O. The van der Waals surface area contributed by atoms with Crippen molar-refractivity contribution >= 4 is 34.9 Å². The molecule has 104 valence electrons. The Morgan fingerprint density at radius 3 is 2.85 bits per heavy atom. The Morgan fingerprint density at radius 2 is 2.20 bits per heavy atom. The molecule has 0 saturated heterocycles. The Bertz CT molecular complexity index is 586. The molecule has 2 rings (SSSR count). The molecule has 1 aliphatic rings. The number of hydrogen-bond acceptors (Lipinski definition) is 5. The van der Waals surface area contributed by atoms with E-state index in [0.717, 1.165) is 0 Å². The smallest absolute Gasteiger partial charge is 0.252 e. The Balaban J connectivity index is 1.92. The maximum absolute atomic E-state index is 12.7. The van der Waals surface area contributed by atoms with Gasteiger partial charge < -0.3 is 0 Å². The second kappa shape index (κ2) is 6.25. The van der Waals surface area contributed by atoms with Crippen LogP contribution >= 0.6 is 11.6 Å². The highest BCUT2D eigenvalue weighted by molar-refractivity contribution is 6.63. The zero-order chi connectivity index (χ0) is 14.5. The lowest BCUT2D eigenvalue weighted by Gasteiger charge is -1.98. The van der Waals surface area contributed by atoms with E-state index in [2.05, 4.69) is 20.8 Å². The van der Waals surface area contributed by atoms with Gasteiger partial charge in [-0.25, -0.2) is 14.8 Å². The summed E-state index contributed by atoms with van der Waals surface area (Å²) in [6, 6.07) is 4.87. The van der Waals surface area contributed by atoms with Crippen LogP contribution in [0.5, 0.6) is 0 Å². The lowest BCUT2D eigenvalue weighted by atomic mass is 10.2. The van der Waals surface area contributed by atoms with Crippen LogP contribution in [-0.4, -0.2) is 29.4 Å². The minimum atomic E-state index is -0.830. The first-order valence-electron chi connectivity index (χ1n) is 5.66. The van der Waals surface area contributed by atoms with E-state index in [9.17, 15) is 14.0 Å². The third kappa shape index (κ3) is 3.86. The van der Waals surface area contributed by atoms with Crippen LogP contribution in [0, 0.1) is 5.82 Å². The lowest BCUT2D eigenvalue weighted by molar-refractivity contribution is -0.122. The normalized spacial score (nSPS) is 18.0. The first-order valence-corrected chi connectivity index (χ1v) is 6.04. The third-order valence-electron chi connectivity index (χ3n) is 2.44. The quantitative estimate of drug-likeness (QED) is 0.489. The van der Waals surface area contributed by atoms with Gasteiger partial charge in [0.25, 0.3) is 5.91 Å². The molecule has 20 heavy (non-hydrogen) atoms. The summed E-state index contributed by atoms with van der Waals surface area (Å²) in [7, 11) is 0. The molecule has 1 atom stereocenters. The number of hydrazone groups is 1.